The highest BCUT2D eigenvalue weighted by Gasteiger charge is 2.13. The third-order valence-corrected chi connectivity index (χ3v) is 2.71. The van der Waals surface area contributed by atoms with E-state index in [1.165, 1.54) is 37.9 Å². The van der Waals surface area contributed by atoms with Gasteiger partial charge in [0.05, 0.1) is 6.20 Å². The average molecular weight is 194 g/mol. The number of pyridine rings is 1. The Kier molecular flexibility index (Phi) is 3.09. The fourth-order valence-corrected chi connectivity index (χ4v) is 1.94. The minimum atomic E-state index is -0.254. The van der Waals surface area contributed by atoms with E-state index in [0.29, 0.717) is 6.04 Å². The molecule has 0 unspecified atom stereocenters. The van der Waals surface area contributed by atoms with Gasteiger partial charge in [-0.05, 0) is 24.5 Å². The van der Waals surface area contributed by atoms with Gasteiger partial charge in [0.2, 0.25) is 0 Å². The van der Waals surface area contributed by atoms with Gasteiger partial charge in [0, 0.05) is 18.8 Å². The number of hydrogen-bond donors (Lipinski definition) is 1. The van der Waals surface area contributed by atoms with Crippen LogP contribution < -0.4 is 5.32 Å². The quantitative estimate of drug-likeness (QED) is 0.798. The molecule has 0 saturated heterocycles. The highest BCUT2D eigenvalue weighted by atomic mass is 19.1. The maximum absolute atomic E-state index is 12.8. The van der Waals surface area contributed by atoms with Gasteiger partial charge in [-0.25, -0.2) is 4.39 Å². The number of halogens is 1. The fraction of sp³-hybridized carbons (Fsp3) is 0.545. The van der Waals surface area contributed by atoms with Crippen molar-refractivity contribution in [1.29, 1.82) is 0 Å². The summed E-state index contributed by atoms with van der Waals surface area (Å²) in [6, 6.07) is 2.16. The zero-order valence-electron chi connectivity index (χ0n) is 8.17. The first-order valence-electron chi connectivity index (χ1n) is 5.17. The molecule has 0 atom stereocenters. The molecule has 76 valence electrons. The Morgan fingerprint density at radius 2 is 2.14 bits per heavy atom. The van der Waals surface area contributed by atoms with Crippen LogP contribution in [0.2, 0.25) is 0 Å². The van der Waals surface area contributed by atoms with Crippen molar-refractivity contribution >= 4 is 0 Å². The van der Waals surface area contributed by atoms with Crippen LogP contribution in [0, 0.1) is 5.82 Å². The van der Waals surface area contributed by atoms with Gasteiger partial charge in [-0.2, -0.15) is 0 Å². The molecule has 2 nitrogen and oxygen atoms in total. The molecule has 1 aliphatic carbocycles. The molecule has 1 saturated carbocycles. The number of aromatic nitrogens is 1. The van der Waals surface area contributed by atoms with Gasteiger partial charge in [0.15, 0.2) is 0 Å². The van der Waals surface area contributed by atoms with E-state index in [2.05, 4.69) is 10.3 Å². The Balaban J connectivity index is 1.85. The van der Waals surface area contributed by atoms with Crippen molar-refractivity contribution in [2.75, 3.05) is 0 Å². The lowest BCUT2D eigenvalue weighted by Crippen LogP contribution is -2.25. The van der Waals surface area contributed by atoms with Crippen LogP contribution in [0.15, 0.2) is 18.5 Å². The second-order valence-corrected chi connectivity index (χ2v) is 3.87. The van der Waals surface area contributed by atoms with Crippen LogP contribution in [0.25, 0.3) is 0 Å². The first-order valence-corrected chi connectivity index (χ1v) is 5.17. The summed E-state index contributed by atoms with van der Waals surface area (Å²) in [7, 11) is 0. The summed E-state index contributed by atoms with van der Waals surface area (Å²) in [5, 5.41) is 3.42. The van der Waals surface area contributed by atoms with Crippen molar-refractivity contribution in [1.82, 2.24) is 10.3 Å². The van der Waals surface area contributed by atoms with Crippen molar-refractivity contribution in [3.8, 4) is 0 Å². The van der Waals surface area contributed by atoms with Gasteiger partial charge in [-0.1, -0.05) is 12.8 Å². The Morgan fingerprint density at radius 1 is 1.36 bits per heavy atom. The first-order chi connectivity index (χ1) is 6.84. The van der Waals surface area contributed by atoms with E-state index in [1.807, 2.05) is 0 Å². The average Bonchev–Trinajstić information content (AvgIpc) is 2.67. The van der Waals surface area contributed by atoms with Crippen molar-refractivity contribution in [3.05, 3.63) is 29.8 Å². The first kappa shape index (κ1) is 9.59. The maximum Gasteiger partial charge on any atom is 0.141 e. The smallest absolute Gasteiger partial charge is 0.141 e. The monoisotopic (exact) mass is 194 g/mol. The molecule has 1 aromatic heterocycles. The lowest BCUT2D eigenvalue weighted by molar-refractivity contribution is 0.521. The molecule has 0 spiro atoms. The van der Waals surface area contributed by atoms with Crippen molar-refractivity contribution < 1.29 is 4.39 Å². The van der Waals surface area contributed by atoms with E-state index in [1.54, 1.807) is 6.20 Å². The van der Waals surface area contributed by atoms with Gasteiger partial charge in [-0.15, -0.1) is 0 Å². The minimum Gasteiger partial charge on any atom is -0.310 e. The second kappa shape index (κ2) is 4.51. The van der Waals surface area contributed by atoms with Crippen LogP contribution in [0.3, 0.4) is 0 Å². The van der Waals surface area contributed by atoms with Gasteiger partial charge in [-0.3, -0.25) is 4.98 Å². The Hall–Kier alpha value is -0.960. The summed E-state index contributed by atoms with van der Waals surface area (Å²) in [4.78, 5) is 3.81. The van der Waals surface area contributed by atoms with Crippen molar-refractivity contribution in [2.24, 2.45) is 0 Å². The second-order valence-electron chi connectivity index (χ2n) is 3.87. The molecule has 14 heavy (non-hydrogen) atoms. The highest BCUT2D eigenvalue weighted by Crippen LogP contribution is 2.17. The van der Waals surface area contributed by atoms with Crippen LogP contribution in [0.1, 0.15) is 31.2 Å². The zero-order valence-corrected chi connectivity index (χ0v) is 8.17. The Bertz CT molecular complexity index is 295. The van der Waals surface area contributed by atoms with E-state index in [9.17, 15) is 4.39 Å². The summed E-state index contributed by atoms with van der Waals surface area (Å²) in [6.07, 6.45) is 8.09. The van der Waals surface area contributed by atoms with E-state index < -0.39 is 0 Å². The zero-order chi connectivity index (χ0) is 9.80. The molecule has 0 aromatic carbocycles. The number of nitrogens with one attached hydrogen (secondary N) is 1. The molecule has 1 aliphatic rings. The highest BCUT2D eigenvalue weighted by molar-refractivity contribution is 5.09. The summed E-state index contributed by atoms with van der Waals surface area (Å²) in [5.41, 5.74) is 0.928. The van der Waals surface area contributed by atoms with Crippen LogP contribution in [-0.4, -0.2) is 11.0 Å². The SMILES string of the molecule is Fc1cncc(CNC2CCCC2)c1. The van der Waals surface area contributed by atoms with E-state index >= 15 is 0 Å². The number of nitrogens with zero attached hydrogens (tertiary/aromatic N) is 1. The number of hydrogen-bond acceptors (Lipinski definition) is 2. The molecule has 3 heteroatoms. The van der Waals surface area contributed by atoms with E-state index in [0.717, 1.165) is 12.1 Å². The van der Waals surface area contributed by atoms with Crippen LogP contribution in [0.5, 0.6) is 0 Å². The lowest BCUT2D eigenvalue weighted by atomic mass is 10.2. The van der Waals surface area contributed by atoms with Gasteiger partial charge < -0.3 is 5.32 Å². The molecule has 1 heterocycles. The maximum atomic E-state index is 12.8. The normalized spacial score (nSPS) is 17.5. The predicted molar refractivity (Wildman–Crippen MR) is 53.3 cm³/mol. The Labute approximate surface area is 83.6 Å². The molecule has 1 fully saturated rings. The third-order valence-electron chi connectivity index (χ3n) is 2.71. The van der Waals surface area contributed by atoms with Gasteiger partial charge in [0.25, 0.3) is 0 Å². The van der Waals surface area contributed by atoms with Crippen LogP contribution in [-0.2, 0) is 6.54 Å². The molecule has 0 amide bonds. The Morgan fingerprint density at radius 3 is 2.86 bits per heavy atom. The largest absolute Gasteiger partial charge is 0.310 e. The standard InChI is InChI=1S/C11H15FN2/c12-10-5-9(6-13-8-10)7-14-11-3-1-2-4-11/h5-6,8,11,14H,1-4,7H2. The van der Waals surface area contributed by atoms with Gasteiger partial charge >= 0.3 is 0 Å². The molecule has 0 bridgehead atoms. The van der Waals surface area contributed by atoms with Crippen LogP contribution >= 0.6 is 0 Å². The van der Waals surface area contributed by atoms with E-state index in [4.69, 9.17) is 0 Å². The summed E-state index contributed by atoms with van der Waals surface area (Å²) >= 11 is 0. The molecule has 1 aromatic rings. The van der Waals surface area contributed by atoms with E-state index in [-0.39, 0.29) is 5.82 Å². The molecule has 1 N–H and O–H groups in total. The summed E-state index contributed by atoms with van der Waals surface area (Å²) < 4.78 is 12.8. The molecule has 0 aliphatic heterocycles. The van der Waals surface area contributed by atoms with Crippen LogP contribution in [0.4, 0.5) is 4.39 Å². The third kappa shape index (κ3) is 2.51. The van der Waals surface area contributed by atoms with Crippen molar-refractivity contribution in [3.63, 3.8) is 0 Å². The molecule has 2 rings (SSSR count). The summed E-state index contributed by atoms with van der Waals surface area (Å²) in [6.45, 7) is 0.732. The minimum absolute atomic E-state index is 0.254. The molecule has 0 radical (unpaired) electrons. The molecular formula is C11H15FN2. The fourth-order valence-electron chi connectivity index (χ4n) is 1.94. The van der Waals surface area contributed by atoms with Gasteiger partial charge in [0.1, 0.15) is 5.82 Å². The number of rotatable bonds is 3. The molecular weight excluding hydrogens is 179 g/mol. The predicted octanol–water partition coefficient (Wildman–Crippen LogP) is 2.25. The van der Waals surface area contributed by atoms with Crippen molar-refractivity contribution in [2.45, 2.75) is 38.3 Å². The summed E-state index contributed by atoms with van der Waals surface area (Å²) in [5.74, 6) is -0.254. The topological polar surface area (TPSA) is 24.9 Å². The lowest BCUT2D eigenvalue weighted by Gasteiger charge is -2.11.